The fraction of sp³-hybridized carbons (Fsp3) is 0.588. The van der Waals surface area contributed by atoms with Crippen LogP contribution >= 0.6 is 0 Å². The van der Waals surface area contributed by atoms with Crippen molar-refractivity contribution in [2.75, 3.05) is 13.2 Å². The van der Waals surface area contributed by atoms with Crippen molar-refractivity contribution in [3.8, 4) is 0 Å². The van der Waals surface area contributed by atoms with E-state index >= 15 is 0 Å². The predicted molar refractivity (Wildman–Crippen MR) is 81.4 cm³/mol. The molecule has 1 aromatic carbocycles. The first-order chi connectivity index (χ1) is 10.6. The molecule has 22 heavy (non-hydrogen) atoms. The lowest BCUT2D eigenvalue weighted by molar-refractivity contribution is -0.197. The van der Waals surface area contributed by atoms with Crippen molar-refractivity contribution in [1.82, 2.24) is 5.32 Å². The maximum atomic E-state index is 11.7. The van der Waals surface area contributed by atoms with E-state index in [0.29, 0.717) is 19.6 Å². The van der Waals surface area contributed by atoms with Crippen molar-refractivity contribution in [1.29, 1.82) is 0 Å². The zero-order valence-electron chi connectivity index (χ0n) is 12.8. The van der Waals surface area contributed by atoms with Gasteiger partial charge < -0.3 is 19.9 Å². The summed E-state index contributed by atoms with van der Waals surface area (Å²) in [7, 11) is 0. The van der Waals surface area contributed by atoms with Crippen molar-refractivity contribution < 1.29 is 19.4 Å². The van der Waals surface area contributed by atoms with Crippen molar-refractivity contribution in [3.05, 3.63) is 35.9 Å². The molecule has 1 aliphatic carbocycles. The van der Waals surface area contributed by atoms with Gasteiger partial charge in [0.25, 0.3) is 0 Å². The number of ether oxygens (including phenoxy) is 2. The fourth-order valence-corrected chi connectivity index (χ4v) is 3.53. The van der Waals surface area contributed by atoms with E-state index in [4.69, 9.17) is 9.47 Å². The number of nitrogens with one attached hydrogen (secondary N) is 1. The number of hydrogen-bond donors (Lipinski definition) is 2. The Morgan fingerprint density at radius 1 is 1.32 bits per heavy atom. The SMILES string of the molecule is C[C@@H](NC1CCC2(CC1C(=O)O)OCCO2)c1ccccc1. The minimum absolute atomic E-state index is 0.0638. The second kappa shape index (κ2) is 6.36. The molecule has 0 amide bonds. The average Bonchev–Trinajstić information content (AvgIpc) is 2.98. The highest BCUT2D eigenvalue weighted by Gasteiger charge is 2.47. The van der Waals surface area contributed by atoms with E-state index in [9.17, 15) is 9.90 Å². The van der Waals surface area contributed by atoms with Crippen LogP contribution in [0.25, 0.3) is 0 Å². The number of carboxylic acid groups (broad SMARTS) is 1. The largest absolute Gasteiger partial charge is 0.481 e. The third-order valence-electron chi connectivity index (χ3n) is 4.75. The van der Waals surface area contributed by atoms with Crippen LogP contribution in [0, 0.1) is 5.92 Å². The summed E-state index contributed by atoms with van der Waals surface area (Å²) in [6.07, 6.45) is 1.91. The van der Waals surface area contributed by atoms with Gasteiger partial charge in [-0.3, -0.25) is 4.79 Å². The first kappa shape index (κ1) is 15.5. The molecule has 2 unspecified atom stereocenters. The van der Waals surface area contributed by atoms with Gasteiger partial charge in [0, 0.05) is 24.9 Å². The predicted octanol–water partition coefficient (Wildman–Crippen LogP) is 2.33. The summed E-state index contributed by atoms with van der Waals surface area (Å²) >= 11 is 0. The van der Waals surface area contributed by atoms with Gasteiger partial charge in [-0.1, -0.05) is 30.3 Å². The van der Waals surface area contributed by atoms with E-state index in [0.717, 1.165) is 12.8 Å². The van der Waals surface area contributed by atoms with E-state index in [2.05, 4.69) is 24.4 Å². The summed E-state index contributed by atoms with van der Waals surface area (Å²) in [5, 5.41) is 13.1. The van der Waals surface area contributed by atoms with Gasteiger partial charge in [-0.2, -0.15) is 0 Å². The molecule has 5 heteroatoms. The van der Waals surface area contributed by atoms with E-state index in [1.807, 2.05) is 18.2 Å². The van der Waals surface area contributed by atoms with Crippen molar-refractivity contribution in [3.63, 3.8) is 0 Å². The van der Waals surface area contributed by atoms with E-state index in [1.54, 1.807) is 0 Å². The second-order valence-electron chi connectivity index (χ2n) is 6.20. The first-order valence-corrected chi connectivity index (χ1v) is 7.91. The van der Waals surface area contributed by atoms with Crippen LogP contribution in [0.15, 0.2) is 30.3 Å². The van der Waals surface area contributed by atoms with Gasteiger partial charge in [0.1, 0.15) is 0 Å². The summed E-state index contributed by atoms with van der Waals surface area (Å²) in [5.74, 6) is -1.94. The van der Waals surface area contributed by atoms with Crippen LogP contribution in [0.2, 0.25) is 0 Å². The molecule has 1 heterocycles. The maximum absolute atomic E-state index is 11.7. The molecule has 120 valence electrons. The molecule has 3 atom stereocenters. The smallest absolute Gasteiger partial charge is 0.308 e. The molecule has 2 N–H and O–H groups in total. The molecule has 1 spiro atoms. The van der Waals surface area contributed by atoms with Crippen molar-refractivity contribution in [2.45, 2.75) is 44.1 Å². The molecule has 1 aliphatic heterocycles. The highest BCUT2D eigenvalue weighted by atomic mass is 16.7. The Labute approximate surface area is 130 Å². The molecular formula is C17H23NO4. The molecule has 0 radical (unpaired) electrons. The van der Waals surface area contributed by atoms with Crippen LogP contribution in [0.3, 0.4) is 0 Å². The molecule has 2 fully saturated rings. The third kappa shape index (κ3) is 3.16. The Morgan fingerprint density at radius 2 is 2.00 bits per heavy atom. The van der Waals surface area contributed by atoms with Crippen molar-refractivity contribution >= 4 is 5.97 Å². The maximum Gasteiger partial charge on any atom is 0.308 e. The van der Waals surface area contributed by atoms with Gasteiger partial charge >= 0.3 is 5.97 Å². The number of carboxylic acids is 1. The Morgan fingerprint density at radius 3 is 2.64 bits per heavy atom. The minimum atomic E-state index is -0.782. The van der Waals surface area contributed by atoms with Crippen LogP contribution in [-0.2, 0) is 14.3 Å². The summed E-state index contributed by atoms with van der Waals surface area (Å²) in [6.45, 7) is 3.19. The number of aliphatic carboxylic acids is 1. The van der Waals surface area contributed by atoms with E-state index in [1.165, 1.54) is 5.56 Å². The standard InChI is InChI=1S/C17H23NO4/c1-12(13-5-3-2-4-6-13)18-15-7-8-17(21-9-10-22-17)11-14(15)16(19)20/h2-6,12,14-15,18H,7-11H2,1H3,(H,19,20)/t12-,14?,15?/m1/s1. The van der Waals surface area contributed by atoms with Crippen LogP contribution < -0.4 is 5.32 Å². The summed E-state index contributed by atoms with van der Waals surface area (Å²) in [5.41, 5.74) is 1.17. The Bertz CT molecular complexity index is 513. The molecule has 0 bridgehead atoms. The van der Waals surface area contributed by atoms with Crippen LogP contribution in [0.5, 0.6) is 0 Å². The van der Waals surface area contributed by atoms with Crippen LogP contribution in [-0.4, -0.2) is 36.1 Å². The number of hydrogen-bond acceptors (Lipinski definition) is 4. The Hall–Kier alpha value is -1.43. The monoisotopic (exact) mass is 305 g/mol. The summed E-state index contributed by atoms with van der Waals surface area (Å²) in [6, 6.07) is 10.1. The second-order valence-corrected chi connectivity index (χ2v) is 6.20. The highest BCUT2D eigenvalue weighted by molar-refractivity contribution is 5.71. The number of carbonyl (C=O) groups is 1. The minimum Gasteiger partial charge on any atom is -0.481 e. The Balaban J connectivity index is 1.69. The van der Waals surface area contributed by atoms with Gasteiger partial charge in [0.05, 0.1) is 19.1 Å². The zero-order chi connectivity index (χ0) is 15.6. The fourth-order valence-electron chi connectivity index (χ4n) is 3.53. The topological polar surface area (TPSA) is 67.8 Å². The molecule has 5 nitrogen and oxygen atoms in total. The number of rotatable bonds is 4. The van der Waals surface area contributed by atoms with E-state index in [-0.39, 0.29) is 12.1 Å². The number of benzene rings is 1. The molecular weight excluding hydrogens is 282 g/mol. The normalized spacial score (nSPS) is 28.6. The van der Waals surface area contributed by atoms with Crippen LogP contribution in [0.4, 0.5) is 0 Å². The van der Waals surface area contributed by atoms with Gasteiger partial charge in [0.2, 0.25) is 0 Å². The highest BCUT2D eigenvalue weighted by Crippen LogP contribution is 2.39. The lowest BCUT2D eigenvalue weighted by Crippen LogP contribution is -2.51. The van der Waals surface area contributed by atoms with Gasteiger partial charge in [-0.15, -0.1) is 0 Å². The summed E-state index contributed by atoms with van der Waals surface area (Å²) < 4.78 is 11.4. The van der Waals surface area contributed by atoms with Crippen LogP contribution in [0.1, 0.15) is 37.8 Å². The van der Waals surface area contributed by atoms with Gasteiger partial charge in [0.15, 0.2) is 5.79 Å². The first-order valence-electron chi connectivity index (χ1n) is 7.91. The zero-order valence-corrected chi connectivity index (χ0v) is 12.8. The van der Waals surface area contributed by atoms with Crippen molar-refractivity contribution in [2.24, 2.45) is 5.92 Å². The van der Waals surface area contributed by atoms with E-state index < -0.39 is 17.7 Å². The molecule has 3 rings (SSSR count). The molecule has 0 aromatic heterocycles. The Kier molecular flexibility index (Phi) is 4.47. The lowest BCUT2D eigenvalue weighted by atomic mass is 9.80. The quantitative estimate of drug-likeness (QED) is 0.893. The average molecular weight is 305 g/mol. The lowest BCUT2D eigenvalue weighted by Gasteiger charge is -2.40. The van der Waals surface area contributed by atoms with Gasteiger partial charge in [-0.25, -0.2) is 0 Å². The molecule has 1 saturated carbocycles. The molecule has 1 aromatic rings. The third-order valence-corrected chi connectivity index (χ3v) is 4.75. The molecule has 2 aliphatic rings. The molecule has 1 saturated heterocycles. The van der Waals surface area contributed by atoms with Gasteiger partial charge in [-0.05, 0) is 18.9 Å². The summed E-state index contributed by atoms with van der Waals surface area (Å²) in [4.78, 5) is 11.7.